The van der Waals surface area contributed by atoms with E-state index in [-0.39, 0.29) is 5.88 Å². The fourth-order valence-electron chi connectivity index (χ4n) is 2.11. The molecule has 3 aromatic heterocycles. The summed E-state index contributed by atoms with van der Waals surface area (Å²) in [6.45, 7) is 3.77. The van der Waals surface area contributed by atoms with Crippen LogP contribution in [0.4, 0.5) is 5.88 Å². The Morgan fingerprint density at radius 2 is 2.05 bits per heavy atom. The van der Waals surface area contributed by atoms with Crippen molar-refractivity contribution in [2.75, 3.05) is 5.73 Å². The highest BCUT2D eigenvalue weighted by atomic mass is 16.5. The maximum atomic E-state index is 5.87. The molecule has 0 aromatic carbocycles. The van der Waals surface area contributed by atoms with Crippen LogP contribution in [0.1, 0.15) is 11.5 Å². The molecule has 3 rings (SSSR count). The topological polar surface area (TPSA) is 78.1 Å². The summed E-state index contributed by atoms with van der Waals surface area (Å²) in [6.07, 6.45) is 1.71. The van der Waals surface area contributed by atoms with Gasteiger partial charge in [0, 0.05) is 11.8 Å². The maximum Gasteiger partial charge on any atom is 0.232 e. The van der Waals surface area contributed by atoms with Gasteiger partial charge >= 0.3 is 0 Å². The fourth-order valence-corrected chi connectivity index (χ4v) is 2.11. The van der Waals surface area contributed by atoms with E-state index in [0.717, 1.165) is 22.8 Å². The minimum absolute atomic E-state index is 0.256. The number of rotatable bonds is 2. The molecule has 0 spiro atoms. The third kappa shape index (κ3) is 1.89. The van der Waals surface area contributed by atoms with Crippen LogP contribution in [0.5, 0.6) is 0 Å². The highest BCUT2D eigenvalue weighted by Crippen LogP contribution is 2.37. The van der Waals surface area contributed by atoms with E-state index < -0.39 is 0 Å². The SMILES string of the molecule is Cc1cc(-c2noc(N)c2-c2ccccn2)c(C)o1. The Kier molecular flexibility index (Phi) is 2.59. The van der Waals surface area contributed by atoms with E-state index in [1.807, 2.05) is 38.1 Å². The summed E-state index contributed by atoms with van der Waals surface area (Å²) in [5.41, 5.74) is 8.83. The van der Waals surface area contributed by atoms with E-state index in [9.17, 15) is 0 Å². The third-order valence-electron chi connectivity index (χ3n) is 2.94. The number of nitrogens with zero attached hydrogens (tertiary/aromatic N) is 2. The highest BCUT2D eigenvalue weighted by molar-refractivity contribution is 5.85. The molecule has 0 saturated heterocycles. The molecular weight excluding hydrogens is 242 g/mol. The van der Waals surface area contributed by atoms with Crippen molar-refractivity contribution in [3.05, 3.63) is 42.0 Å². The van der Waals surface area contributed by atoms with E-state index in [2.05, 4.69) is 10.1 Å². The molecule has 0 bridgehead atoms. The lowest BCUT2D eigenvalue weighted by Crippen LogP contribution is -1.89. The predicted octanol–water partition coefficient (Wildman–Crippen LogP) is 3.20. The zero-order chi connectivity index (χ0) is 13.4. The Bertz CT molecular complexity index is 714. The van der Waals surface area contributed by atoms with Crippen molar-refractivity contribution in [2.45, 2.75) is 13.8 Å². The monoisotopic (exact) mass is 255 g/mol. The predicted molar refractivity (Wildman–Crippen MR) is 71.3 cm³/mol. The molecule has 0 aliphatic carbocycles. The number of nitrogen functional groups attached to an aromatic ring is 1. The standard InChI is InChI=1S/C14H13N3O2/c1-8-7-10(9(2)18-8)13-12(14(15)19-17-13)11-5-3-4-6-16-11/h3-7H,15H2,1-2H3. The molecule has 3 aromatic rings. The van der Waals surface area contributed by atoms with Crippen LogP contribution in [0.3, 0.4) is 0 Å². The minimum atomic E-state index is 0.256. The molecule has 2 N–H and O–H groups in total. The number of aromatic nitrogens is 2. The van der Waals surface area contributed by atoms with Crippen LogP contribution in [0.15, 0.2) is 39.4 Å². The van der Waals surface area contributed by atoms with Gasteiger partial charge in [-0.25, -0.2) is 0 Å². The second-order valence-electron chi connectivity index (χ2n) is 4.31. The van der Waals surface area contributed by atoms with Gasteiger partial charge in [0.1, 0.15) is 17.2 Å². The van der Waals surface area contributed by atoms with Crippen molar-refractivity contribution in [3.8, 4) is 22.5 Å². The lowest BCUT2D eigenvalue weighted by Gasteiger charge is -2.00. The molecule has 0 aliphatic rings. The summed E-state index contributed by atoms with van der Waals surface area (Å²) in [4.78, 5) is 4.29. The normalized spacial score (nSPS) is 10.8. The molecule has 0 fully saturated rings. The summed E-state index contributed by atoms with van der Waals surface area (Å²) in [6, 6.07) is 7.53. The molecule has 0 atom stereocenters. The summed E-state index contributed by atoms with van der Waals surface area (Å²) >= 11 is 0. The average molecular weight is 255 g/mol. The maximum absolute atomic E-state index is 5.87. The van der Waals surface area contributed by atoms with Crippen molar-refractivity contribution in [3.63, 3.8) is 0 Å². The van der Waals surface area contributed by atoms with Crippen molar-refractivity contribution in [1.82, 2.24) is 10.1 Å². The Hall–Kier alpha value is -2.56. The van der Waals surface area contributed by atoms with Gasteiger partial charge in [-0.1, -0.05) is 11.2 Å². The van der Waals surface area contributed by atoms with Crippen molar-refractivity contribution in [1.29, 1.82) is 0 Å². The first-order valence-corrected chi connectivity index (χ1v) is 5.91. The van der Waals surface area contributed by atoms with Gasteiger partial charge in [0.15, 0.2) is 0 Å². The van der Waals surface area contributed by atoms with E-state index in [1.54, 1.807) is 6.20 Å². The second-order valence-corrected chi connectivity index (χ2v) is 4.31. The molecule has 5 heteroatoms. The molecule has 19 heavy (non-hydrogen) atoms. The van der Waals surface area contributed by atoms with Gasteiger partial charge in [0.25, 0.3) is 0 Å². The fraction of sp³-hybridized carbons (Fsp3) is 0.143. The van der Waals surface area contributed by atoms with E-state index >= 15 is 0 Å². The molecule has 0 unspecified atom stereocenters. The smallest absolute Gasteiger partial charge is 0.232 e. The second kappa shape index (κ2) is 4.28. The minimum Gasteiger partial charge on any atom is -0.466 e. The first kappa shape index (κ1) is 11.5. The van der Waals surface area contributed by atoms with Gasteiger partial charge in [-0.05, 0) is 32.0 Å². The lowest BCUT2D eigenvalue weighted by atomic mass is 10.1. The number of aryl methyl sites for hydroxylation is 2. The number of anilines is 1. The van der Waals surface area contributed by atoms with Gasteiger partial charge < -0.3 is 14.7 Å². The van der Waals surface area contributed by atoms with Gasteiger partial charge in [-0.2, -0.15) is 0 Å². The summed E-state index contributed by atoms with van der Waals surface area (Å²) in [5.74, 6) is 1.86. The van der Waals surface area contributed by atoms with Gasteiger partial charge in [0.05, 0.1) is 11.3 Å². The Labute approximate surface area is 110 Å². The van der Waals surface area contributed by atoms with Crippen LogP contribution in [0.2, 0.25) is 0 Å². The molecule has 5 nitrogen and oxygen atoms in total. The molecule has 0 amide bonds. The van der Waals surface area contributed by atoms with Crippen LogP contribution in [-0.4, -0.2) is 10.1 Å². The Balaban J connectivity index is 2.22. The van der Waals surface area contributed by atoms with Crippen LogP contribution in [-0.2, 0) is 0 Å². The molecule has 0 saturated carbocycles. The molecular formula is C14H13N3O2. The Morgan fingerprint density at radius 3 is 2.68 bits per heavy atom. The summed E-state index contributed by atoms with van der Waals surface area (Å²) in [7, 11) is 0. The van der Waals surface area contributed by atoms with Crippen molar-refractivity contribution in [2.24, 2.45) is 0 Å². The van der Waals surface area contributed by atoms with Crippen LogP contribution < -0.4 is 5.73 Å². The zero-order valence-corrected chi connectivity index (χ0v) is 10.7. The highest BCUT2D eigenvalue weighted by Gasteiger charge is 2.21. The number of nitrogens with two attached hydrogens (primary N) is 1. The van der Waals surface area contributed by atoms with Crippen molar-refractivity contribution < 1.29 is 8.94 Å². The van der Waals surface area contributed by atoms with E-state index in [1.165, 1.54) is 0 Å². The number of hydrogen-bond acceptors (Lipinski definition) is 5. The lowest BCUT2D eigenvalue weighted by molar-refractivity contribution is 0.439. The van der Waals surface area contributed by atoms with Crippen LogP contribution in [0, 0.1) is 13.8 Å². The van der Waals surface area contributed by atoms with E-state index in [0.29, 0.717) is 11.3 Å². The van der Waals surface area contributed by atoms with Crippen LogP contribution >= 0.6 is 0 Å². The van der Waals surface area contributed by atoms with Crippen LogP contribution in [0.25, 0.3) is 22.5 Å². The number of furan rings is 1. The van der Waals surface area contributed by atoms with Gasteiger partial charge in [0.2, 0.25) is 5.88 Å². The average Bonchev–Trinajstić information content (AvgIpc) is 2.93. The molecule has 3 heterocycles. The van der Waals surface area contributed by atoms with Gasteiger partial charge in [-0.3, -0.25) is 4.98 Å². The summed E-state index contributed by atoms with van der Waals surface area (Å²) in [5, 5.41) is 4.04. The summed E-state index contributed by atoms with van der Waals surface area (Å²) < 4.78 is 10.6. The molecule has 96 valence electrons. The quantitative estimate of drug-likeness (QED) is 0.760. The largest absolute Gasteiger partial charge is 0.466 e. The number of hydrogen-bond donors (Lipinski definition) is 1. The Morgan fingerprint density at radius 1 is 1.21 bits per heavy atom. The third-order valence-corrected chi connectivity index (χ3v) is 2.94. The van der Waals surface area contributed by atoms with Crippen molar-refractivity contribution >= 4 is 5.88 Å². The first-order chi connectivity index (χ1) is 9.16. The number of pyridine rings is 1. The zero-order valence-electron chi connectivity index (χ0n) is 10.7. The molecule has 0 aliphatic heterocycles. The molecule has 0 radical (unpaired) electrons. The first-order valence-electron chi connectivity index (χ1n) is 5.91. The van der Waals surface area contributed by atoms with E-state index in [4.69, 9.17) is 14.7 Å². The van der Waals surface area contributed by atoms with Gasteiger partial charge in [-0.15, -0.1) is 0 Å².